The largest absolute Gasteiger partial charge is 0.497 e. The first-order valence-electron chi connectivity index (χ1n) is 13.4. The SMILES string of the molecule is COc1ccc(N(CC(=O)N(Cc2c(Cl)cccc2Cl)C(C)C(=O)NC2CCCC2)S(=O)(=O)c2ccccc2)cc1. The Balaban J connectivity index is 1.71. The molecule has 4 rings (SSSR count). The molecular formula is C30H33Cl2N3O5S. The predicted molar refractivity (Wildman–Crippen MR) is 161 cm³/mol. The molecule has 1 aliphatic carbocycles. The number of benzene rings is 3. The van der Waals surface area contributed by atoms with Crippen LogP contribution in [0.2, 0.25) is 10.0 Å². The van der Waals surface area contributed by atoms with Crippen molar-refractivity contribution in [3.63, 3.8) is 0 Å². The molecule has 1 unspecified atom stereocenters. The van der Waals surface area contributed by atoms with E-state index in [0.29, 0.717) is 21.4 Å². The van der Waals surface area contributed by atoms with E-state index < -0.39 is 28.5 Å². The van der Waals surface area contributed by atoms with Crippen LogP contribution >= 0.6 is 23.2 Å². The van der Waals surface area contributed by atoms with Crippen LogP contribution in [0.3, 0.4) is 0 Å². The third-order valence-electron chi connectivity index (χ3n) is 7.23. The van der Waals surface area contributed by atoms with E-state index in [1.807, 2.05) is 0 Å². The summed E-state index contributed by atoms with van der Waals surface area (Å²) in [5.41, 5.74) is 0.730. The Labute approximate surface area is 251 Å². The zero-order valence-electron chi connectivity index (χ0n) is 22.9. The number of ether oxygens (including phenoxy) is 1. The molecule has 11 heteroatoms. The van der Waals surface area contributed by atoms with Gasteiger partial charge in [-0.25, -0.2) is 8.42 Å². The van der Waals surface area contributed by atoms with E-state index >= 15 is 0 Å². The average Bonchev–Trinajstić information content (AvgIpc) is 3.49. The fourth-order valence-corrected chi connectivity index (χ4v) is 6.78. The van der Waals surface area contributed by atoms with Gasteiger partial charge in [0, 0.05) is 28.2 Å². The van der Waals surface area contributed by atoms with Gasteiger partial charge in [0.2, 0.25) is 11.8 Å². The van der Waals surface area contributed by atoms with Gasteiger partial charge in [-0.05, 0) is 68.3 Å². The Kier molecular flexibility index (Phi) is 10.2. The molecule has 3 aromatic rings. The van der Waals surface area contributed by atoms with Crippen molar-refractivity contribution in [2.45, 2.75) is 56.1 Å². The van der Waals surface area contributed by atoms with Crippen molar-refractivity contribution < 1.29 is 22.7 Å². The predicted octanol–water partition coefficient (Wildman–Crippen LogP) is 5.67. The lowest BCUT2D eigenvalue weighted by Crippen LogP contribution is -2.52. The highest BCUT2D eigenvalue weighted by Crippen LogP contribution is 2.29. The van der Waals surface area contributed by atoms with Gasteiger partial charge < -0.3 is 15.0 Å². The highest BCUT2D eigenvalue weighted by Gasteiger charge is 2.34. The number of nitrogens with zero attached hydrogens (tertiary/aromatic N) is 2. The van der Waals surface area contributed by atoms with Crippen LogP contribution in [0.4, 0.5) is 5.69 Å². The molecule has 0 saturated heterocycles. The van der Waals surface area contributed by atoms with Crippen molar-refractivity contribution in [2.75, 3.05) is 18.0 Å². The first kappa shape index (κ1) is 30.7. The lowest BCUT2D eigenvalue weighted by molar-refractivity contribution is -0.139. The molecule has 2 amide bonds. The minimum Gasteiger partial charge on any atom is -0.497 e. The fourth-order valence-electron chi connectivity index (χ4n) is 4.83. The number of carbonyl (C=O) groups excluding carboxylic acids is 2. The Hall–Kier alpha value is -3.27. The fraction of sp³-hybridized carbons (Fsp3) is 0.333. The number of rotatable bonds is 11. The summed E-state index contributed by atoms with van der Waals surface area (Å²) in [6, 6.07) is 18.4. The molecule has 0 heterocycles. The van der Waals surface area contributed by atoms with Crippen molar-refractivity contribution in [1.29, 1.82) is 0 Å². The third-order valence-corrected chi connectivity index (χ3v) is 9.73. The molecule has 1 N–H and O–H groups in total. The molecule has 0 aromatic heterocycles. The molecule has 0 bridgehead atoms. The van der Waals surface area contributed by atoms with Crippen LogP contribution in [0.1, 0.15) is 38.2 Å². The van der Waals surface area contributed by atoms with Gasteiger partial charge in [-0.2, -0.15) is 0 Å². The maximum absolute atomic E-state index is 14.1. The Morgan fingerprint density at radius 1 is 0.951 bits per heavy atom. The van der Waals surface area contributed by atoms with Crippen LogP contribution in [-0.2, 0) is 26.2 Å². The zero-order chi connectivity index (χ0) is 29.6. The van der Waals surface area contributed by atoms with Crippen LogP contribution in [0.5, 0.6) is 5.75 Å². The standard InChI is InChI=1S/C30H33Cl2N3O5S/c1-21(30(37)33-22-9-6-7-10-22)34(19-26-27(31)13-8-14-28(26)32)29(36)20-35(23-15-17-24(40-2)18-16-23)41(38,39)25-11-4-3-5-12-25/h3-5,8,11-18,21-22H,6-7,9-10,19-20H2,1-2H3,(H,33,37). The molecule has 0 radical (unpaired) electrons. The quantitative estimate of drug-likeness (QED) is 0.299. The summed E-state index contributed by atoms with van der Waals surface area (Å²) in [6.07, 6.45) is 3.82. The Bertz CT molecular complexity index is 1440. The summed E-state index contributed by atoms with van der Waals surface area (Å²) in [6.45, 7) is 0.974. The number of hydrogen-bond acceptors (Lipinski definition) is 5. The van der Waals surface area contributed by atoms with Crippen LogP contribution in [-0.4, -0.2) is 50.9 Å². The summed E-state index contributed by atoms with van der Waals surface area (Å²) in [5, 5.41) is 3.71. The Morgan fingerprint density at radius 3 is 2.15 bits per heavy atom. The number of methoxy groups -OCH3 is 1. The number of halogens is 2. The minimum absolute atomic E-state index is 0.0244. The topological polar surface area (TPSA) is 96.0 Å². The molecule has 0 spiro atoms. The minimum atomic E-state index is -4.16. The molecule has 8 nitrogen and oxygen atoms in total. The molecule has 41 heavy (non-hydrogen) atoms. The first-order chi connectivity index (χ1) is 19.6. The van der Waals surface area contributed by atoms with Crippen molar-refractivity contribution in [1.82, 2.24) is 10.2 Å². The molecule has 1 fully saturated rings. The van der Waals surface area contributed by atoms with Crippen molar-refractivity contribution in [2.24, 2.45) is 0 Å². The van der Waals surface area contributed by atoms with Gasteiger partial charge in [-0.3, -0.25) is 13.9 Å². The smallest absolute Gasteiger partial charge is 0.264 e. The van der Waals surface area contributed by atoms with Crippen molar-refractivity contribution in [3.05, 3.63) is 88.4 Å². The number of anilines is 1. The molecule has 218 valence electrons. The van der Waals surface area contributed by atoms with E-state index in [1.54, 1.807) is 67.6 Å². The first-order valence-corrected chi connectivity index (χ1v) is 15.6. The molecular weight excluding hydrogens is 585 g/mol. The van der Waals surface area contributed by atoms with Crippen LogP contribution in [0, 0.1) is 0 Å². The molecule has 3 aromatic carbocycles. The molecule has 0 aliphatic heterocycles. The van der Waals surface area contributed by atoms with Gasteiger partial charge in [0.25, 0.3) is 10.0 Å². The second kappa shape index (κ2) is 13.6. The summed E-state index contributed by atoms with van der Waals surface area (Å²) < 4.78 is 34.0. The lowest BCUT2D eigenvalue weighted by Gasteiger charge is -2.33. The van der Waals surface area contributed by atoms with E-state index in [4.69, 9.17) is 27.9 Å². The number of hydrogen-bond donors (Lipinski definition) is 1. The zero-order valence-corrected chi connectivity index (χ0v) is 25.3. The number of nitrogens with one attached hydrogen (secondary N) is 1. The maximum Gasteiger partial charge on any atom is 0.264 e. The van der Waals surface area contributed by atoms with E-state index in [0.717, 1.165) is 30.0 Å². The van der Waals surface area contributed by atoms with Crippen molar-refractivity contribution in [3.8, 4) is 5.75 Å². The summed E-state index contributed by atoms with van der Waals surface area (Å²) in [4.78, 5) is 28.8. The van der Waals surface area contributed by atoms with Gasteiger partial charge in [-0.1, -0.05) is 60.3 Å². The van der Waals surface area contributed by atoms with E-state index in [1.165, 1.54) is 24.1 Å². The van der Waals surface area contributed by atoms with Gasteiger partial charge >= 0.3 is 0 Å². The highest BCUT2D eigenvalue weighted by atomic mass is 35.5. The summed E-state index contributed by atoms with van der Waals surface area (Å²) >= 11 is 12.9. The summed E-state index contributed by atoms with van der Waals surface area (Å²) in [5.74, 6) is -0.384. The highest BCUT2D eigenvalue weighted by molar-refractivity contribution is 7.92. The normalized spacial score (nSPS) is 14.3. The molecule has 1 aliphatic rings. The van der Waals surface area contributed by atoms with E-state index in [2.05, 4.69) is 5.32 Å². The number of sulfonamides is 1. The average molecular weight is 619 g/mol. The van der Waals surface area contributed by atoms with E-state index in [-0.39, 0.29) is 29.1 Å². The number of carbonyl (C=O) groups is 2. The van der Waals surface area contributed by atoms with Gasteiger partial charge in [0.1, 0.15) is 18.3 Å². The molecule has 1 saturated carbocycles. The maximum atomic E-state index is 14.1. The summed E-state index contributed by atoms with van der Waals surface area (Å²) in [7, 11) is -2.66. The Morgan fingerprint density at radius 2 is 1.56 bits per heavy atom. The molecule has 1 atom stereocenters. The number of amides is 2. The monoisotopic (exact) mass is 617 g/mol. The van der Waals surface area contributed by atoms with Crippen LogP contribution in [0.15, 0.2) is 77.7 Å². The second-order valence-electron chi connectivity index (χ2n) is 9.91. The third kappa shape index (κ3) is 7.33. The van der Waals surface area contributed by atoms with Crippen molar-refractivity contribution >= 4 is 50.7 Å². The van der Waals surface area contributed by atoms with Gasteiger partial charge in [0.15, 0.2) is 0 Å². The van der Waals surface area contributed by atoms with Gasteiger partial charge in [0.05, 0.1) is 17.7 Å². The van der Waals surface area contributed by atoms with Crippen LogP contribution in [0.25, 0.3) is 0 Å². The van der Waals surface area contributed by atoms with Gasteiger partial charge in [-0.15, -0.1) is 0 Å². The lowest BCUT2D eigenvalue weighted by atomic mass is 10.1. The second-order valence-corrected chi connectivity index (χ2v) is 12.6. The van der Waals surface area contributed by atoms with Crippen LogP contribution < -0.4 is 14.4 Å². The van der Waals surface area contributed by atoms with E-state index in [9.17, 15) is 18.0 Å².